The summed E-state index contributed by atoms with van der Waals surface area (Å²) in [7, 11) is -0.0643. The molecule has 10 nitrogen and oxygen atoms in total. The van der Waals surface area contributed by atoms with Crippen LogP contribution in [0, 0.1) is 10.1 Å². The summed E-state index contributed by atoms with van der Waals surface area (Å²) in [4.78, 5) is 22.0. The topological polar surface area (TPSA) is 117 Å². The number of nitro benzene ring substituents is 1. The Balaban J connectivity index is 2.10. The number of aromatic nitrogens is 2. The van der Waals surface area contributed by atoms with Gasteiger partial charge in [-0.15, -0.1) is 0 Å². The predicted octanol–water partition coefficient (Wildman–Crippen LogP) is 4.85. The molecule has 0 spiro atoms. The van der Waals surface area contributed by atoms with Crippen molar-refractivity contribution in [1.29, 1.82) is 0 Å². The third kappa shape index (κ3) is 6.08. The second kappa shape index (κ2) is 11.4. The zero-order valence-electron chi connectivity index (χ0n) is 19.8. The fraction of sp³-hybridized carbons (Fsp3) is 0.391. The standard InChI is InChI=1S/C23H29N4O6P/c1-5-33-34(30,6-2)16-26(14-17-10-8-7-9-11-17)15-18-12-19(27(28)29)13-20-21(18)25-23(32-4)22(24-20)31-3/h7-13H,5-6,14-16H2,1-4H3. The van der Waals surface area contributed by atoms with Crippen LogP contribution in [0.4, 0.5) is 5.69 Å². The van der Waals surface area contributed by atoms with Crippen molar-refractivity contribution in [2.24, 2.45) is 0 Å². The van der Waals surface area contributed by atoms with Crippen molar-refractivity contribution in [3.8, 4) is 11.8 Å². The van der Waals surface area contributed by atoms with Gasteiger partial charge in [-0.3, -0.25) is 19.6 Å². The Morgan fingerprint density at radius 2 is 1.71 bits per heavy atom. The first-order valence-corrected chi connectivity index (χ1v) is 12.9. The van der Waals surface area contributed by atoms with Crippen molar-refractivity contribution in [3.05, 3.63) is 63.7 Å². The summed E-state index contributed by atoms with van der Waals surface area (Å²) >= 11 is 0. The van der Waals surface area contributed by atoms with E-state index >= 15 is 0 Å². The molecule has 1 unspecified atom stereocenters. The SMILES string of the molecule is CCOP(=O)(CC)CN(Cc1ccccc1)Cc1cc([N+](=O)[O-])cc2nc(OC)c(OC)nc12. The molecule has 3 rings (SSSR count). The molecule has 0 aliphatic heterocycles. The fourth-order valence-corrected chi connectivity index (χ4v) is 5.43. The van der Waals surface area contributed by atoms with Crippen molar-refractivity contribution < 1.29 is 23.5 Å². The van der Waals surface area contributed by atoms with Gasteiger partial charge >= 0.3 is 0 Å². The molecule has 0 amide bonds. The Hall–Kier alpha value is -3.07. The molecular formula is C23H29N4O6P. The van der Waals surface area contributed by atoms with Crippen LogP contribution in [-0.2, 0) is 22.2 Å². The van der Waals surface area contributed by atoms with Gasteiger partial charge in [0.05, 0.1) is 37.6 Å². The zero-order valence-corrected chi connectivity index (χ0v) is 20.7. The second-order valence-corrected chi connectivity index (χ2v) is 10.4. The summed E-state index contributed by atoms with van der Waals surface area (Å²) in [6, 6.07) is 12.6. The third-order valence-corrected chi connectivity index (χ3v) is 7.80. The van der Waals surface area contributed by atoms with Gasteiger partial charge in [-0.25, -0.2) is 9.97 Å². The summed E-state index contributed by atoms with van der Waals surface area (Å²) in [5.41, 5.74) is 2.22. The maximum absolute atomic E-state index is 13.4. The summed E-state index contributed by atoms with van der Waals surface area (Å²) < 4.78 is 29.5. The molecule has 0 N–H and O–H groups in total. The average molecular weight is 488 g/mol. The summed E-state index contributed by atoms with van der Waals surface area (Å²) in [5, 5.41) is 11.6. The number of ether oxygens (including phenoxy) is 2. The highest BCUT2D eigenvalue weighted by Crippen LogP contribution is 2.47. The highest BCUT2D eigenvalue weighted by atomic mass is 31.2. The summed E-state index contributed by atoms with van der Waals surface area (Å²) in [6.07, 6.45) is 0.573. The molecular weight excluding hydrogens is 459 g/mol. The molecule has 0 bridgehead atoms. The molecule has 0 saturated heterocycles. The van der Waals surface area contributed by atoms with E-state index in [0.717, 1.165) is 5.56 Å². The number of rotatable bonds is 12. The average Bonchev–Trinajstić information content (AvgIpc) is 2.83. The van der Waals surface area contributed by atoms with Gasteiger partial charge in [0.1, 0.15) is 5.52 Å². The minimum absolute atomic E-state index is 0.118. The van der Waals surface area contributed by atoms with Gasteiger partial charge in [0, 0.05) is 36.9 Å². The molecule has 11 heteroatoms. The highest BCUT2D eigenvalue weighted by molar-refractivity contribution is 7.58. The van der Waals surface area contributed by atoms with Crippen molar-refractivity contribution in [3.63, 3.8) is 0 Å². The van der Waals surface area contributed by atoms with E-state index in [9.17, 15) is 14.7 Å². The van der Waals surface area contributed by atoms with E-state index in [-0.39, 0.29) is 30.3 Å². The third-order valence-electron chi connectivity index (χ3n) is 5.27. The van der Waals surface area contributed by atoms with Crippen LogP contribution in [0.5, 0.6) is 11.8 Å². The number of benzene rings is 2. The zero-order chi connectivity index (χ0) is 24.7. The minimum Gasteiger partial charge on any atom is -0.477 e. The molecule has 1 aromatic heterocycles. The lowest BCUT2D eigenvalue weighted by Gasteiger charge is -2.27. The minimum atomic E-state index is -2.94. The van der Waals surface area contributed by atoms with Crippen molar-refractivity contribution in [2.75, 3.05) is 33.3 Å². The fourth-order valence-electron chi connectivity index (χ4n) is 3.68. The van der Waals surface area contributed by atoms with Gasteiger partial charge in [0.15, 0.2) is 0 Å². The maximum atomic E-state index is 13.4. The molecule has 0 radical (unpaired) electrons. The Labute approximate surface area is 198 Å². The normalized spacial score (nSPS) is 13.1. The molecule has 34 heavy (non-hydrogen) atoms. The Morgan fingerprint density at radius 3 is 2.29 bits per heavy atom. The predicted molar refractivity (Wildman–Crippen MR) is 130 cm³/mol. The second-order valence-electron chi connectivity index (χ2n) is 7.63. The molecule has 0 fully saturated rings. The number of hydrogen-bond donors (Lipinski definition) is 0. The Kier molecular flexibility index (Phi) is 8.55. The summed E-state index contributed by atoms with van der Waals surface area (Å²) in [6.45, 7) is 4.71. The largest absolute Gasteiger partial charge is 0.477 e. The number of methoxy groups -OCH3 is 2. The lowest BCUT2D eigenvalue weighted by molar-refractivity contribution is -0.384. The number of hydrogen-bond acceptors (Lipinski definition) is 9. The van der Waals surface area contributed by atoms with Crippen molar-refractivity contribution >= 4 is 24.1 Å². The van der Waals surface area contributed by atoms with E-state index in [2.05, 4.69) is 9.97 Å². The number of fused-ring (bicyclic) bond motifs is 1. The first kappa shape index (κ1) is 25.6. The smallest absolute Gasteiger partial charge is 0.278 e. The van der Waals surface area contributed by atoms with Gasteiger partial charge < -0.3 is 14.0 Å². The lowest BCUT2D eigenvalue weighted by Crippen LogP contribution is -2.25. The van der Waals surface area contributed by atoms with Crippen LogP contribution < -0.4 is 9.47 Å². The van der Waals surface area contributed by atoms with Crippen LogP contribution in [0.3, 0.4) is 0 Å². The number of nitro groups is 1. The molecule has 1 heterocycles. The van der Waals surface area contributed by atoms with E-state index in [1.807, 2.05) is 49.1 Å². The molecule has 0 aliphatic carbocycles. The Bertz CT molecular complexity index is 1190. The van der Waals surface area contributed by atoms with Gasteiger partial charge in [-0.05, 0) is 12.5 Å². The van der Waals surface area contributed by atoms with Gasteiger partial charge in [0.25, 0.3) is 17.4 Å². The molecule has 3 aromatic rings. The van der Waals surface area contributed by atoms with Crippen LogP contribution in [-0.4, -0.2) is 53.1 Å². The van der Waals surface area contributed by atoms with Crippen LogP contribution in [0.25, 0.3) is 11.0 Å². The van der Waals surface area contributed by atoms with E-state index in [1.165, 1.54) is 26.4 Å². The number of non-ortho nitro benzene ring substituents is 1. The van der Waals surface area contributed by atoms with E-state index in [1.54, 1.807) is 0 Å². The molecule has 182 valence electrons. The quantitative estimate of drug-likeness (QED) is 0.200. The highest BCUT2D eigenvalue weighted by Gasteiger charge is 2.26. The number of nitrogens with zero attached hydrogens (tertiary/aromatic N) is 4. The van der Waals surface area contributed by atoms with Crippen molar-refractivity contribution in [1.82, 2.24) is 14.9 Å². The molecule has 1 atom stereocenters. The van der Waals surface area contributed by atoms with Crippen LogP contribution >= 0.6 is 7.37 Å². The first-order valence-electron chi connectivity index (χ1n) is 10.9. The van der Waals surface area contributed by atoms with Gasteiger partial charge in [-0.1, -0.05) is 37.3 Å². The van der Waals surface area contributed by atoms with E-state index < -0.39 is 12.3 Å². The molecule has 0 aliphatic rings. The van der Waals surface area contributed by atoms with Crippen molar-refractivity contribution in [2.45, 2.75) is 26.9 Å². The Morgan fingerprint density at radius 1 is 1.03 bits per heavy atom. The van der Waals surface area contributed by atoms with E-state index in [4.69, 9.17) is 14.0 Å². The van der Waals surface area contributed by atoms with Crippen LogP contribution in [0.15, 0.2) is 42.5 Å². The van der Waals surface area contributed by atoms with Gasteiger partial charge in [-0.2, -0.15) is 0 Å². The molecule has 0 saturated carbocycles. The summed E-state index contributed by atoms with van der Waals surface area (Å²) in [5.74, 6) is 0.308. The lowest BCUT2D eigenvalue weighted by atomic mass is 10.1. The molecule has 2 aromatic carbocycles. The van der Waals surface area contributed by atoms with Crippen LogP contribution in [0.1, 0.15) is 25.0 Å². The van der Waals surface area contributed by atoms with Gasteiger partial charge in [0.2, 0.25) is 7.37 Å². The monoisotopic (exact) mass is 488 g/mol. The van der Waals surface area contributed by atoms with E-state index in [0.29, 0.717) is 35.9 Å². The maximum Gasteiger partial charge on any atom is 0.278 e. The van der Waals surface area contributed by atoms with Crippen LogP contribution in [0.2, 0.25) is 0 Å². The first-order chi connectivity index (χ1) is 16.3.